The van der Waals surface area contributed by atoms with E-state index in [0.717, 1.165) is 77.0 Å². The van der Waals surface area contributed by atoms with Crippen LogP contribution in [0.4, 0.5) is 0 Å². The Kier molecular flexibility index (Phi) is 43.8. The van der Waals surface area contributed by atoms with E-state index in [0.29, 0.717) is 32.1 Å². The van der Waals surface area contributed by atoms with Crippen LogP contribution in [0.25, 0.3) is 0 Å². The lowest BCUT2D eigenvalue weighted by molar-refractivity contribution is -0.301. The van der Waals surface area contributed by atoms with Crippen molar-refractivity contribution >= 4 is 23.9 Å². The Morgan fingerprint density at radius 3 is 1.25 bits per heavy atom. The molecule has 12 nitrogen and oxygen atoms in total. The summed E-state index contributed by atoms with van der Waals surface area (Å²) >= 11 is 0. The lowest BCUT2D eigenvalue weighted by Gasteiger charge is -2.40. The number of carboxylic acid groups (broad SMARTS) is 1. The zero-order chi connectivity index (χ0) is 54.7. The fraction of sp³-hybridized carbons (Fsp3) is 0.492. The van der Waals surface area contributed by atoms with Gasteiger partial charge in [-0.05, 0) is 109 Å². The van der Waals surface area contributed by atoms with E-state index >= 15 is 0 Å². The van der Waals surface area contributed by atoms with Crippen molar-refractivity contribution in [1.29, 1.82) is 0 Å². The van der Waals surface area contributed by atoms with Crippen molar-refractivity contribution in [1.82, 2.24) is 0 Å². The van der Waals surface area contributed by atoms with E-state index in [2.05, 4.69) is 136 Å². The van der Waals surface area contributed by atoms with Crippen LogP contribution >= 0.6 is 0 Å². The Bertz CT molecular complexity index is 1950. The van der Waals surface area contributed by atoms with E-state index in [4.69, 9.17) is 23.7 Å². The van der Waals surface area contributed by atoms with Crippen molar-refractivity contribution in [3.63, 3.8) is 0 Å². The molecule has 0 aliphatic carbocycles. The molecule has 0 aromatic rings. The summed E-state index contributed by atoms with van der Waals surface area (Å²) in [6.45, 7) is 5.42. The van der Waals surface area contributed by atoms with E-state index in [9.17, 15) is 34.5 Å². The summed E-state index contributed by atoms with van der Waals surface area (Å²) in [6, 6.07) is 0. The summed E-state index contributed by atoms with van der Waals surface area (Å²) in [7, 11) is 0. The molecule has 75 heavy (non-hydrogen) atoms. The first-order valence-electron chi connectivity index (χ1n) is 27.1. The molecule has 0 aromatic heterocycles. The van der Waals surface area contributed by atoms with Crippen LogP contribution in [-0.4, -0.2) is 89.2 Å². The molecule has 414 valence electrons. The summed E-state index contributed by atoms with van der Waals surface area (Å²) in [5, 5.41) is 31.4. The van der Waals surface area contributed by atoms with Crippen LogP contribution in [0, 0.1) is 0 Å². The van der Waals surface area contributed by atoms with Gasteiger partial charge < -0.3 is 39.0 Å². The first kappa shape index (κ1) is 67.1. The molecule has 1 saturated heterocycles. The van der Waals surface area contributed by atoms with Crippen molar-refractivity contribution < 1.29 is 58.2 Å². The van der Waals surface area contributed by atoms with Crippen LogP contribution in [0.1, 0.15) is 149 Å². The first-order valence-corrected chi connectivity index (χ1v) is 27.1. The van der Waals surface area contributed by atoms with E-state index in [1.165, 1.54) is 0 Å². The maximum Gasteiger partial charge on any atom is 0.335 e. The van der Waals surface area contributed by atoms with Crippen LogP contribution in [-0.2, 0) is 42.9 Å². The van der Waals surface area contributed by atoms with Gasteiger partial charge in [0.1, 0.15) is 18.8 Å². The summed E-state index contributed by atoms with van der Waals surface area (Å²) in [5.74, 6) is -3.52. The highest BCUT2D eigenvalue weighted by atomic mass is 16.7. The van der Waals surface area contributed by atoms with Gasteiger partial charge in [-0.15, -0.1) is 0 Å². The molecule has 0 aromatic carbocycles. The number of carbonyl (C=O) groups is 4. The van der Waals surface area contributed by atoms with Gasteiger partial charge in [0.25, 0.3) is 0 Å². The van der Waals surface area contributed by atoms with Crippen LogP contribution in [0.5, 0.6) is 0 Å². The molecule has 1 aliphatic heterocycles. The van der Waals surface area contributed by atoms with Gasteiger partial charge in [0.15, 0.2) is 24.6 Å². The fourth-order valence-electron chi connectivity index (χ4n) is 6.78. The zero-order valence-corrected chi connectivity index (χ0v) is 45.2. The quantitative estimate of drug-likeness (QED) is 0.0229. The van der Waals surface area contributed by atoms with Crippen molar-refractivity contribution in [3.05, 3.63) is 170 Å². The molecule has 1 aliphatic rings. The molecule has 0 radical (unpaired) electrons. The molecule has 0 amide bonds. The van der Waals surface area contributed by atoms with E-state index in [-0.39, 0.29) is 19.3 Å². The van der Waals surface area contributed by atoms with Crippen molar-refractivity contribution in [3.8, 4) is 0 Å². The molecule has 0 saturated carbocycles. The van der Waals surface area contributed by atoms with E-state index in [1.807, 2.05) is 48.6 Å². The van der Waals surface area contributed by atoms with Crippen LogP contribution in [0.3, 0.4) is 0 Å². The second kappa shape index (κ2) is 49.0. The number of rotatable bonds is 42. The minimum atomic E-state index is -1.95. The van der Waals surface area contributed by atoms with Gasteiger partial charge in [-0.3, -0.25) is 14.4 Å². The number of aliphatic hydroxyl groups is 2. The Balaban J connectivity index is 2.86. The number of ether oxygens (including phenoxy) is 5. The van der Waals surface area contributed by atoms with Gasteiger partial charge in [0.2, 0.25) is 0 Å². The molecule has 0 bridgehead atoms. The van der Waals surface area contributed by atoms with Gasteiger partial charge >= 0.3 is 23.9 Å². The number of carbonyl (C=O) groups excluding carboxylic acids is 3. The standard InChI is InChI=1S/C63H90O12/c1-4-7-10-13-16-19-22-25-27-28-30-33-36-39-42-45-48-51-57(66)74-61-59(68)58(67)60(62(69)70)75-63(61)72-53-54(73-56(65)50-47-44-41-38-35-31-24-21-18-15-12-9-6-3)52-71-55(64)49-46-43-40-37-34-32-29-26-23-20-17-14-11-8-5-2/h7-12,16-21,25-27,29-31,33-35,37,39,41-44,46,54,58-61,63,67-68H,4-6,13-15,22-24,28,32,36,38,40,45,47-53H2,1-3H3,(H,69,70)/b10-7-,11-8-,12-9-,19-16-,20-17-,21-18-,27-25-,29-26-,33-30-,35-31-,37-34-,42-39-,44-41-,46-43-. The predicted octanol–water partition coefficient (Wildman–Crippen LogP) is 13.5. The molecule has 0 spiro atoms. The number of allylic oxidation sites excluding steroid dienone is 27. The third-order valence-electron chi connectivity index (χ3n) is 10.8. The van der Waals surface area contributed by atoms with Crippen LogP contribution in [0.15, 0.2) is 170 Å². The summed E-state index contributed by atoms with van der Waals surface area (Å²) in [4.78, 5) is 50.9. The molecular weight excluding hydrogens is 949 g/mol. The highest BCUT2D eigenvalue weighted by Crippen LogP contribution is 2.26. The number of carboxylic acids is 1. The highest BCUT2D eigenvalue weighted by molar-refractivity contribution is 5.74. The van der Waals surface area contributed by atoms with Gasteiger partial charge in [0, 0.05) is 12.8 Å². The van der Waals surface area contributed by atoms with Crippen LogP contribution in [0.2, 0.25) is 0 Å². The molecule has 3 N–H and O–H groups in total. The predicted molar refractivity (Wildman–Crippen MR) is 302 cm³/mol. The SMILES string of the molecule is CC/C=C\C/C=C\C/C=C\C/C=C\C/C=C\CCCC(=O)OC1C(OCC(COC(=O)C/C=C\C/C=C\C/C=C\C/C=C\C/C=C\CC)OC(=O)CC/C=C\C/C=C\C/C=C\C/C=C\CC)OC(C(=O)O)C(O)C1O. The van der Waals surface area contributed by atoms with Crippen molar-refractivity contribution in [2.75, 3.05) is 13.2 Å². The Morgan fingerprint density at radius 2 is 0.840 bits per heavy atom. The maximum atomic E-state index is 13.1. The second-order valence-corrected chi connectivity index (χ2v) is 17.4. The van der Waals surface area contributed by atoms with Crippen molar-refractivity contribution in [2.24, 2.45) is 0 Å². The number of hydrogen-bond donors (Lipinski definition) is 3. The minimum Gasteiger partial charge on any atom is -0.479 e. The maximum absolute atomic E-state index is 13.1. The molecule has 6 unspecified atom stereocenters. The lowest BCUT2D eigenvalue weighted by Crippen LogP contribution is -2.61. The third kappa shape index (κ3) is 39.2. The second-order valence-electron chi connectivity index (χ2n) is 17.4. The Hall–Kier alpha value is -5.92. The zero-order valence-electron chi connectivity index (χ0n) is 45.2. The first-order chi connectivity index (χ1) is 36.6. The summed E-state index contributed by atoms with van der Waals surface area (Å²) in [5.41, 5.74) is 0. The molecule has 1 rings (SSSR count). The Labute approximate surface area is 449 Å². The average molecular weight is 1040 g/mol. The number of aliphatic hydroxyl groups excluding tert-OH is 2. The molecule has 12 heteroatoms. The molecule has 6 atom stereocenters. The third-order valence-corrected chi connectivity index (χ3v) is 10.8. The van der Waals surface area contributed by atoms with Gasteiger partial charge in [-0.2, -0.15) is 0 Å². The fourth-order valence-corrected chi connectivity index (χ4v) is 6.78. The molecular formula is C63H90O12. The number of hydrogen-bond acceptors (Lipinski definition) is 11. The average Bonchev–Trinajstić information content (AvgIpc) is 3.39. The smallest absolute Gasteiger partial charge is 0.335 e. The largest absolute Gasteiger partial charge is 0.479 e. The normalized spacial score (nSPS) is 19.5. The van der Waals surface area contributed by atoms with Gasteiger partial charge in [-0.1, -0.05) is 191 Å². The molecule has 1 heterocycles. The summed E-state index contributed by atoms with van der Waals surface area (Å²) in [6.07, 6.45) is 61.0. The van der Waals surface area contributed by atoms with Gasteiger partial charge in [-0.25, -0.2) is 4.79 Å². The molecule has 1 fully saturated rings. The Morgan fingerprint density at radius 1 is 0.453 bits per heavy atom. The number of esters is 3. The van der Waals surface area contributed by atoms with Gasteiger partial charge in [0.05, 0.1) is 13.0 Å². The monoisotopic (exact) mass is 1040 g/mol. The van der Waals surface area contributed by atoms with Crippen molar-refractivity contribution in [2.45, 2.75) is 186 Å². The number of aliphatic carboxylic acids is 1. The highest BCUT2D eigenvalue weighted by Gasteiger charge is 2.50. The van der Waals surface area contributed by atoms with E-state index in [1.54, 1.807) is 6.08 Å². The summed E-state index contributed by atoms with van der Waals surface area (Å²) < 4.78 is 28.0. The topological polar surface area (TPSA) is 175 Å². The van der Waals surface area contributed by atoms with Crippen LogP contribution < -0.4 is 0 Å². The lowest BCUT2D eigenvalue weighted by atomic mass is 9.98. The minimum absolute atomic E-state index is 0.00446. The van der Waals surface area contributed by atoms with E-state index < -0.39 is 73.9 Å². The number of unbranched alkanes of at least 4 members (excludes halogenated alkanes) is 1.